The Balaban J connectivity index is 1.37. The fourth-order valence-electron chi connectivity index (χ4n) is 6.25. The molecule has 0 aromatic heterocycles. The van der Waals surface area contributed by atoms with Crippen molar-refractivity contribution in [2.45, 2.75) is 81.8 Å². The molecule has 2 N–H and O–H groups in total. The molecule has 3 nitrogen and oxygen atoms in total. The van der Waals surface area contributed by atoms with Crippen molar-refractivity contribution in [3.8, 4) is 5.75 Å². The van der Waals surface area contributed by atoms with Crippen LogP contribution in [-0.2, 0) is 18.4 Å². The lowest BCUT2D eigenvalue weighted by Gasteiger charge is -2.55. The smallest absolute Gasteiger partial charge is 0.120 e. The van der Waals surface area contributed by atoms with E-state index < -0.39 is 5.60 Å². The van der Waals surface area contributed by atoms with E-state index in [4.69, 9.17) is 4.74 Å². The number of nitrogens with one attached hydrogen (secondary N) is 1. The van der Waals surface area contributed by atoms with Crippen molar-refractivity contribution in [1.82, 2.24) is 5.32 Å². The van der Waals surface area contributed by atoms with Crippen LogP contribution < -0.4 is 10.1 Å². The van der Waals surface area contributed by atoms with Gasteiger partial charge in [0.25, 0.3) is 0 Å². The minimum Gasteiger partial charge on any atom is -0.489 e. The van der Waals surface area contributed by atoms with Gasteiger partial charge in [0.1, 0.15) is 12.4 Å². The zero-order valence-corrected chi connectivity index (χ0v) is 18.7. The topological polar surface area (TPSA) is 41.5 Å². The van der Waals surface area contributed by atoms with E-state index in [9.17, 15) is 5.11 Å². The lowest BCUT2D eigenvalue weighted by molar-refractivity contribution is -0.0870. The van der Waals surface area contributed by atoms with Crippen molar-refractivity contribution in [2.24, 2.45) is 5.92 Å². The third kappa shape index (κ3) is 4.15. The minimum atomic E-state index is -0.575. The predicted molar refractivity (Wildman–Crippen MR) is 125 cm³/mol. The number of rotatable bonds is 8. The van der Waals surface area contributed by atoms with Gasteiger partial charge in [-0.25, -0.2) is 0 Å². The predicted octanol–water partition coefficient (Wildman–Crippen LogP) is 5.53. The van der Waals surface area contributed by atoms with E-state index in [1.165, 1.54) is 42.4 Å². The standard InChI is InChI=1S/C28H37NO2/c30-28-15-5-4-14-27(28,17-18-29-20-22-9-6-10-22)26-19-25(12-11-24(26)13-16-28)31-21-23-7-2-1-3-8-23/h1-3,7-8,11-12,19,22,29-30H,4-6,9-10,13-18,20-21H2/t27-,28+/m0/s1. The Morgan fingerprint density at radius 3 is 2.61 bits per heavy atom. The lowest BCUT2D eigenvalue weighted by Crippen LogP contribution is -2.57. The lowest BCUT2D eigenvalue weighted by atomic mass is 9.53. The second-order valence-electron chi connectivity index (χ2n) is 10.2. The van der Waals surface area contributed by atoms with Gasteiger partial charge in [0, 0.05) is 5.41 Å². The first-order chi connectivity index (χ1) is 15.2. The van der Waals surface area contributed by atoms with Gasteiger partial charge in [0.05, 0.1) is 5.60 Å². The van der Waals surface area contributed by atoms with Gasteiger partial charge in [-0.15, -0.1) is 0 Å². The second-order valence-corrected chi connectivity index (χ2v) is 10.2. The molecule has 3 aliphatic rings. The van der Waals surface area contributed by atoms with Gasteiger partial charge in [-0.3, -0.25) is 0 Å². The maximum Gasteiger partial charge on any atom is 0.120 e. The molecular formula is C28H37NO2. The summed E-state index contributed by atoms with van der Waals surface area (Å²) in [5.41, 5.74) is 3.24. The summed E-state index contributed by atoms with van der Waals surface area (Å²) in [4.78, 5) is 0. The van der Waals surface area contributed by atoms with E-state index in [1.54, 1.807) is 0 Å². The number of ether oxygens (including phenoxy) is 1. The van der Waals surface area contributed by atoms with Gasteiger partial charge in [0.2, 0.25) is 0 Å². The second kappa shape index (κ2) is 8.96. The largest absolute Gasteiger partial charge is 0.489 e. The summed E-state index contributed by atoms with van der Waals surface area (Å²) in [5.74, 6) is 1.80. The maximum absolute atomic E-state index is 11.9. The molecule has 0 aliphatic heterocycles. The number of aryl methyl sites for hydroxylation is 1. The minimum absolute atomic E-state index is 0.141. The van der Waals surface area contributed by atoms with Crippen LogP contribution in [0.15, 0.2) is 48.5 Å². The first kappa shape index (κ1) is 21.0. The van der Waals surface area contributed by atoms with E-state index in [2.05, 4.69) is 47.8 Å². The summed E-state index contributed by atoms with van der Waals surface area (Å²) in [5, 5.41) is 15.6. The van der Waals surface area contributed by atoms with Crippen LogP contribution in [0.3, 0.4) is 0 Å². The number of hydrogen-bond acceptors (Lipinski definition) is 3. The molecule has 0 heterocycles. The molecule has 0 amide bonds. The Labute approximate surface area is 187 Å². The van der Waals surface area contributed by atoms with Crippen molar-refractivity contribution in [3.05, 3.63) is 65.2 Å². The molecule has 0 spiro atoms. The SMILES string of the molecule is O[C@@]12CCCC[C@]1(CCNCC1CCC1)c1cc(OCc3ccccc3)ccc1CC2. The molecule has 0 bridgehead atoms. The van der Waals surface area contributed by atoms with Crippen LogP contribution in [0, 0.1) is 5.92 Å². The fourth-order valence-corrected chi connectivity index (χ4v) is 6.25. The molecule has 0 saturated heterocycles. The summed E-state index contributed by atoms with van der Waals surface area (Å²) in [6.45, 7) is 2.72. The van der Waals surface area contributed by atoms with Crippen molar-refractivity contribution in [2.75, 3.05) is 13.1 Å². The first-order valence-electron chi connectivity index (χ1n) is 12.4. The van der Waals surface area contributed by atoms with E-state index in [1.807, 2.05) is 6.07 Å². The molecule has 2 aromatic rings. The zero-order valence-electron chi connectivity index (χ0n) is 18.7. The molecular weight excluding hydrogens is 382 g/mol. The fraction of sp³-hybridized carbons (Fsp3) is 0.571. The summed E-state index contributed by atoms with van der Waals surface area (Å²) in [6.07, 6.45) is 11.4. The summed E-state index contributed by atoms with van der Waals surface area (Å²) in [7, 11) is 0. The number of hydrogen-bond donors (Lipinski definition) is 2. The third-order valence-corrected chi connectivity index (χ3v) is 8.37. The highest BCUT2D eigenvalue weighted by Gasteiger charge is 2.54. The molecule has 2 aromatic carbocycles. The summed E-state index contributed by atoms with van der Waals surface area (Å²) in [6, 6.07) is 17.0. The molecule has 3 aliphatic carbocycles. The Morgan fingerprint density at radius 2 is 1.81 bits per heavy atom. The van der Waals surface area contributed by atoms with Gasteiger partial charge < -0.3 is 15.2 Å². The molecule has 31 heavy (non-hydrogen) atoms. The summed E-state index contributed by atoms with van der Waals surface area (Å²) >= 11 is 0. The van der Waals surface area contributed by atoms with Crippen molar-refractivity contribution >= 4 is 0 Å². The maximum atomic E-state index is 11.9. The van der Waals surface area contributed by atoms with Crippen LogP contribution in [0.1, 0.15) is 74.5 Å². The first-order valence-corrected chi connectivity index (χ1v) is 12.4. The van der Waals surface area contributed by atoms with Gasteiger partial charge in [-0.2, -0.15) is 0 Å². The van der Waals surface area contributed by atoms with E-state index >= 15 is 0 Å². The monoisotopic (exact) mass is 419 g/mol. The number of fused-ring (bicyclic) bond motifs is 3. The van der Waals surface area contributed by atoms with Gasteiger partial charge >= 0.3 is 0 Å². The van der Waals surface area contributed by atoms with Gasteiger partial charge in [-0.05, 0) is 92.8 Å². The quantitative estimate of drug-likeness (QED) is 0.553. The van der Waals surface area contributed by atoms with Crippen molar-refractivity contribution in [1.29, 1.82) is 0 Å². The number of aliphatic hydroxyl groups is 1. The van der Waals surface area contributed by atoms with Crippen molar-refractivity contribution < 1.29 is 9.84 Å². The molecule has 5 rings (SSSR count). The normalized spacial score (nSPS) is 27.8. The Kier molecular flexibility index (Phi) is 6.08. The molecule has 2 fully saturated rings. The van der Waals surface area contributed by atoms with Crippen LogP contribution in [-0.4, -0.2) is 23.8 Å². The van der Waals surface area contributed by atoms with Crippen LogP contribution in [0.2, 0.25) is 0 Å². The van der Waals surface area contributed by atoms with Gasteiger partial charge in [0.15, 0.2) is 0 Å². The van der Waals surface area contributed by atoms with E-state index in [0.29, 0.717) is 6.61 Å². The molecule has 0 radical (unpaired) electrons. The van der Waals surface area contributed by atoms with Crippen LogP contribution >= 0.6 is 0 Å². The highest BCUT2D eigenvalue weighted by atomic mass is 16.5. The highest BCUT2D eigenvalue weighted by molar-refractivity contribution is 5.46. The Morgan fingerprint density at radius 1 is 0.968 bits per heavy atom. The summed E-state index contributed by atoms with van der Waals surface area (Å²) < 4.78 is 6.20. The highest BCUT2D eigenvalue weighted by Crippen LogP contribution is 2.55. The average Bonchev–Trinajstić information content (AvgIpc) is 2.77. The molecule has 2 saturated carbocycles. The third-order valence-electron chi connectivity index (χ3n) is 8.37. The molecule has 2 atom stereocenters. The number of benzene rings is 2. The zero-order chi connectivity index (χ0) is 21.2. The van der Waals surface area contributed by atoms with E-state index in [0.717, 1.165) is 63.3 Å². The molecule has 3 heteroatoms. The van der Waals surface area contributed by atoms with Gasteiger partial charge in [-0.1, -0.05) is 55.7 Å². The molecule has 166 valence electrons. The molecule has 0 unspecified atom stereocenters. The Hall–Kier alpha value is -1.84. The average molecular weight is 420 g/mol. The van der Waals surface area contributed by atoms with Crippen LogP contribution in [0.25, 0.3) is 0 Å². The van der Waals surface area contributed by atoms with E-state index in [-0.39, 0.29) is 5.41 Å². The Bertz CT molecular complexity index is 878. The van der Waals surface area contributed by atoms with Crippen LogP contribution in [0.5, 0.6) is 5.75 Å². The van der Waals surface area contributed by atoms with Crippen LogP contribution in [0.4, 0.5) is 0 Å². The van der Waals surface area contributed by atoms with Crippen molar-refractivity contribution in [3.63, 3.8) is 0 Å².